The third-order valence-electron chi connectivity index (χ3n) is 3.45. The fraction of sp³-hybridized carbons (Fsp3) is 0.429. The molecule has 10 heteroatoms. The Morgan fingerprint density at radius 2 is 1.04 bits per heavy atom. The first-order valence-corrected chi connectivity index (χ1v) is 17.1. The minimum atomic E-state index is -1.68. The number of hydrogen-bond acceptors (Lipinski definition) is 0. The van der Waals surface area contributed by atoms with Crippen molar-refractivity contribution in [3.05, 3.63) is 41.3 Å². The van der Waals surface area contributed by atoms with Crippen LogP contribution in [-0.2, 0) is 23.2 Å². The molecular formula is C14H21Cl7Si2Zr-4. The van der Waals surface area contributed by atoms with E-state index in [1.807, 2.05) is 0 Å². The predicted molar refractivity (Wildman–Crippen MR) is 89.3 cm³/mol. The Hall–Kier alpha value is 2.31. The number of allylic oxidation sites excluding steroid dienone is 8. The SMILES string of the molecule is C[Si](C)(Cl)C1=[C]([Zr][C]2=C([Si](C)(C)Cl)C=CC2)CC=C1.[Cl-].[Cl-].[Cl-].[Cl-].[Cl-].[H+]. The Bertz CT molecular complexity index is 474. The molecule has 2 aliphatic carbocycles. The van der Waals surface area contributed by atoms with Crippen LogP contribution in [0.4, 0.5) is 0 Å². The van der Waals surface area contributed by atoms with Gasteiger partial charge in [0.15, 0.2) is 0 Å². The van der Waals surface area contributed by atoms with Gasteiger partial charge in [0.05, 0.1) is 0 Å². The fourth-order valence-corrected chi connectivity index (χ4v) is 15.8. The van der Waals surface area contributed by atoms with E-state index in [0.717, 1.165) is 12.8 Å². The van der Waals surface area contributed by atoms with Crippen LogP contribution in [0.1, 0.15) is 14.3 Å². The van der Waals surface area contributed by atoms with E-state index < -0.39 is 38.0 Å². The molecule has 2 rings (SSSR count). The zero-order valence-electron chi connectivity index (χ0n) is 14.9. The van der Waals surface area contributed by atoms with Crippen molar-refractivity contribution in [1.82, 2.24) is 0 Å². The van der Waals surface area contributed by atoms with Gasteiger partial charge in [-0.25, -0.2) is 0 Å². The van der Waals surface area contributed by atoms with E-state index in [9.17, 15) is 0 Å². The molecule has 0 saturated carbocycles. The molecule has 0 fully saturated rings. The van der Waals surface area contributed by atoms with Crippen molar-refractivity contribution < 1.29 is 86.7 Å². The molecule has 0 amide bonds. The van der Waals surface area contributed by atoms with Crippen LogP contribution in [-0.4, -0.2) is 14.8 Å². The van der Waals surface area contributed by atoms with Crippen molar-refractivity contribution in [2.24, 2.45) is 0 Å². The van der Waals surface area contributed by atoms with Crippen LogP contribution in [0.25, 0.3) is 0 Å². The smallest absolute Gasteiger partial charge is 1.00 e. The summed E-state index contributed by atoms with van der Waals surface area (Å²) in [6.45, 7) is 8.95. The van der Waals surface area contributed by atoms with E-state index >= 15 is 0 Å². The van der Waals surface area contributed by atoms with Crippen LogP contribution in [0.3, 0.4) is 0 Å². The van der Waals surface area contributed by atoms with Gasteiger partial charge in [-0.15, -0.1) is 0 Å². The summed E-state index contributed by atoms with van der Waals surface area (Å²) in [5, 5.41) is 3.02. The van der Waals surface area contributed by atoms with Crippen LogP contribution in [0, 0.1) is 0 Å². The van der Waals surface area contributed by atoms with Crippen LogP contribution >= 0.6 is 22.2 Å². The molecule has 0 saturated heterocycles. The van der Waals surface area contributed by atoms with Crippen LogP contribution in [0.2, 0.25) is 26.2 Å². The first-order valence-electron chi connectivity index (χ1n) is 6.65. The first-order chi connectivity index (χ1) is 8.69. The summed E-state index contributed by atoms with van der Waals surface area (Å²) in [6, 6.07) is 0. The Balaban J connectivity index is -0.000000222. The molecule has 0 aromatic carbocycles. The standard InChI is InChI=1S/2C7H10ClSi.5ClH.Zr/c2*1-9(2,8)7-5-3-4-6-7;;;;;;/h2*3,5H,4H2,1-2H3;5*1H;/p-4. The third kappa shape index (κ3) is 9.00. The average Bonchev–Trinajstić information content (AvgIpc) is 2.83. The van der Waals surface area contributed by atoms with E-state index in [1.54, 1.807) is 6.56 Å². The predicted octanol–water partition coefficient (Wildman–Crippen LogP) is -9.40. The molecule has 0 aliphatic heterocycles. The summed E-state index contributed by atoms with van der Waals surface area (Å²) in [5.74, 6) is 0. The van der Waals surface area contributed by atoms with Crippen molar-refractivity contribution in [2.45, 2.75) is 39.0 Å². The summed E-state index contributed by atoms with van der Waals surface area (Å²) in [5.41, 5.74) is 0. The second kappa shape index (κ2) is 13.5. The normalized spacial score (nSPS) is 15.8. The van der Waals surface area contributed by atoms with Crippen molar-refractivity contribution in [1.29, 1.82) is 0 Å². The van der Waals surface area contributed by atoms with Gasteiger partial charge in [0.2, 0.25) is 0 Å². The summed E-state index contributed by atoms with van der Waals surface area (Å²) in [6.07, 6.45) is 11.5. The molecule has 142 valence electrons. The maximum atomic E-state index is 6.65. The van der Waals surface area contributed by atoms with Crippen molar-refractivity contribution in [2.75, 3.05) is 0 Å². The second-order valence-corrected chi connectivity index (χ2v) is 22.3. The second-order valence-electron chi connectivity index (χ2n) is 6.07. The van der Waals surface area contributed by atoms with E-state index in [2.05, 4.69) is 50.5 Å². The molecule has 0 spiro atoms. The Kier molecular flexibility index (Phi) is 19.0. The monoisotopic (exact) mass is 580 g/mol. The summed E-state index contributed by atoms with van der Waals surface area (Å²) < 4.78 is 3.39. The maximum absolute atomic E-state index is 6.65. The Morgan fingerprint density at radius 3 is 1.29 bits per heavy atom. The summed E-state index contributed by atoms with van der Waals surface area (Å²) in [7, 11) is -3.37. The zero-order chi connectivity index (χ0) is 14.3. The van der Waals surface area contributed by atoms with Gasteiger partial charge < -0.3 is 62.0 Å². The summed E-state index contributed by atoms with van der Waals surface area (Å²) >= 11 is 12.6. The van der Waals surface area contributed by atoms with Gasteiger partial charge in [0.25, 0.3) is 0 Å². The van der Waals surface area contributed by atoms with Crippen LogP contribution in [0.5, 0.6) is 0 Å². The quantitative estimate of drug-likeness (QED) is 0.228. The molecule has 0 aromatic heterocycles. The van der Waals surface area contributed by atoms with Gasteiger partial charge in [0.1, 0.15) is 0 Å². The number of halogens is 7. The van der Waals surface area contributed by atoms with Gasteiger partial charge in [-0.05, 0) is 0 Å². The average molecular weight is 585 g/mol. The molecule has 0 aromatic rings. The largest absolute Gasteiger partial charge is 1.00 e. The van der Waals surface area contributed by atoms with Gasteiger partial charge in [-0.2, -0.15) is 0 Å². The van der Waals surface area contributed by atoms with Crippen LogP contribution < -0.4 is 62.0 Å². The van der Waals surface area contributed by atoms with Crippen LogP contribution in [0.15, 0.2) is 41.3 Å². The third-order valence-corrected chi connectivity index (χ3v) is 13.2. The van der Waals surface area contributed by atoms with Crippen molar-refractivity contribution in [3.8, 4) is 0 Å². The molecule has 0 atom stereocenters. The molecule has 0 nitrogen and oxygen atoms in total. The number of hydrogen-bond donors (Lipinski definition) is 0. The van der Waals surface area contributed by atoms with E-state index in [4.69, 9.17) is 22.2 Å². The van der Waals surface area contributed by atoms with Gasteiger partial charge in [0, 0.05) is 0 Å². The molecule has 0 unspecified atom stereocenters. The molecule has 0 N–H and O–H groups in total. The summed E-state index contributed by atoms with van der Waals surface area (Å²) in [4.78, 5) is 0. The molecular weight excluding hydrogens is 564 g/mol. The minimum absolute atomic E-state index is 0. The fourth-order valence-electron chi connectivity index (χ4n) is 2.54. The van der Waals surface area contributed by atoms with Gasteiger partial charge in [-0.3, -0.25) is 0 Å². The molecule has 0 radical (unpaired) electrons. The molecule has 24 heavy (non-hydrogen) atoms. The molecule has 0 bridgehead atoms. The Labute approximate surface area is 201 Å². The van der Waals surface area contributed by atoms with Crippen molar-refractivity contribution >= 4 is 36.9 Å². The first kappa shape index (κ1) is 33.9. The topological polar surface area (TPSA) is 0 Å². The Morgan fingerprint density at radius 1 is 0.750 bits per heavy atom. The minimum Gasteiger partial charge on any atom is -1.00 e. The molecule has 2 aliphatic rings. The number of rotatable bonds is 4. The van der Waals surface area contributed by atoms with Crippen molar-refractivity contribution in [3.63, 3.8) is 0 Å². The van der Waals surface area contributed by atoms with E-state index in [0.29, 0.717) is 0 Å². The van der Waals surface area contributed by atoms with Gasteiger partial charge >= 0.3 is 142 Å². The van der Waals surface area contributed by atoms with E-state index in [-0.39, 0.29) is 63.5 Å². The van der Waals surface area contributed by atoms with E-state index in [1.165, 1.54) is 10.4 Å². The zero-order valence-corrected chi connectivity index (χ0v) is 23.6. The maximum Gasteiger partial charge on any atom is 1.00 e. The molecule has 0 heterocycles. The van der Waals surface area contributed by atoms with Gasteiger partial charge in [-0.1, -0.05) is 0 Å².